The van der Waals surface area contributed by atoms with E-state index in [0.717, 1.165) is 51.5 Å². The molecule has 0 saturated heterocycles. The van der Waals surface area contributed by atoms with Crippen molar-refractivity contribution < 1.29 is 8.42 Å². The van der Waals surface area contributed by atoms with Crippen molar-refractivity contribution >= 4 is 9.84 Å². The molecule has 0 aromatic carbocycles. The third kappa shape index (κ3) is 4.22. The number of hydrogen-bond donors (Lipinski definition) is 1. The summed E-state index contributed by atoms with van der Waals surface area (Å²) in [6.45, 7) is 7.50. The van der Waals surface area contributed by atoms with E-state index in [1.807, 2.05) is 0 Å². The van der Waals surface area contributed by atoms with Gasteiger partial charge in [-0.25, -0.2) is 8.42 Å². The normalized spacial score (nSPS) is 38.3. The lowest BCUT2D eigenvalue weighted by Gasteiger charge is -2.38. The highest BCUT2D eigenvalue weighted by Gasteiger charge is 2.42. The molecule has 0 spiro atoms. The minimum Gasteiger partial charge on any atom is -0.313 e. The monoisotopic (exact) mass is 315 g/mol. The molecule has 2 rings (SSSR count). The van der Waals surface area contributed by atoms with Gasteiger partial charge in [0.1, 0.15) is 0 Å². The molecule has 2 saturated carbocycles. The van der Waals surface area contributed by atoms with E-state index in [1.54, 1.807) is 0 Å². The van der Waals surface area contributed by atoms with Gasteiger partial charge in [0.25, 0.3) is 0 Å². The van der Waals surface area contributed by atoms with Crippen molar-refractivity contribution in [3.05, 3.63) is 0 Å². The third-order valence-electron chi connectivity index (χ3n) is 5.49. The molecule has 124 valence electrons. The van der Waals surface area contributed by atoms with Crippen molar-refractivity contribution in [2.45, 2.75) is 88.7 Å². The summed E-state index contributed by atoms with van der Waals surface area (Å²) in [6, 6.07) is 0.184. The Morgan fingerprint density at radius 1 is 1.00 bits per heavy atom. The van der Waals surface area contributed by atoms with E-state index < -0.39 is 9.84 Å². The maximum absolute atomic E-state index is 13.2. The zero-order chi connectivity index (χ0) is 15.5. The van der Waals surface area contributed by atoms with Gasteiger partial charge >= 0.3 is 0 Å². The van der Waals surface area contributed by atoms with E-state index in [1.165, 1.54) is 6.42 Å². The fourth-order valence-electron chi connectivity index (χ4n) is 4.18. The molecule has 5 atom stereocenters. The molecule has 1 N–H and O–H groups in total. The molecule has 0 bridgehead atoms. The van der Waals surface area contributed by atoms with Crippen LogP contribution in [-0.2, 0) is 9.84 Å². The van der Waals surface area contributed by atoms with Crippen molar-refractivity contribution in [2.24, 2.45) is 11.8 Å². The lowest BCUT2D eigenvalue weighted by molar-refractivity contribution is 0.302. The van der Waals surface area contributed by atoms with E-state index in [0.29, 0.717) is 11.8 Å². The summed E-state index contributed by atoms with van der Waals surface area (Å²) < 4.78 is 26.3. The summed E-state index contributed by atoms with van der Waals surface area (Å²) in [4.78, 5) is 0. The van der Waals surface area contributed by atoms with Crippen LogP contribution in [0.5, 0.6) is 0 Å². The van der Waals surface area contributed by atoms with Gasteiger partial charge in [-0.1, -0.05) is 33.6 Å². The second kappa shape index (κ2) is 7.45. The highest BCUT2D eigenvalue weighted by atomic mass is 32.2. The van der Waals surface area contributed by atoms with Crippen LogP contribution >= 0.6 is 0 Å². The standard InChI is InChI=1S/C17H33NO2S/c1-4-10-18-16-9-8-14(3)12-17(16)21(19,20)15-7-5-6-13(2)11-15/h13-18H,4-12H2,1-3H3. The largest absolute Gasteiger partial charge is 0.313 e. The first-order valence-corrected chi connectivity index (χ1v) is 10.5. The summed E-state index contributed by atoms with van der Waals surface area (Å²) in [5.74, 6) is 1.12. The Morgan fingerprint density at radius 3 is 2.38 bits per heavy atom. The van der Waals surface area contributed by atoms with Crippen LogP contribution in [0.15, 0.2) is 0 Å². The Morgan fingerprint density at radius 2 is 1.71 bits per heavy atom. The average Bonchev–Trinajstić information content (AvgIpc) is 2.46. The van der Waals surface area contributed by atoms with Gasteiger partial charge < -0.3 is 5.32 Å². The van der Waals surface area contributed by atoms with Gasteiger partial charge in [-0.3, -0.25) is 0 Å². The van der Waals surface area contributed by atoms with Crippen LogP contribution in [0, 0.1) is 11.8 Å². The van der Waals surface area contributed by atoms with Gasteiger partial charge in [0, 0.05) is 6.04 Å². The summed E-state index contributed by atoms with van der Waals surface area (Å²) in [6.07, 6.45) is 8.16. The van der Waals surface area contributed by atoms with E-state index in [4.69, 9.17) is 0 Å². The highest BCUT2D eigenvalue weighted by Crippen LogP contribution is 2.36. The zero-order valence-corrected chi connectivity index (χ0v) is 14.8. The molecule has 2 aliphatic rings. The molecular weight excluding hydrogens is 282 g/mol. The van der Waals surface area contributed by atoms with Crippen molar-refractivity contribution in [3.63, 3.8) is 0 Å². The summed E-state index contributed by atoms with van der Waals surface area (Å²) in [7, 11) is -2.99. The predicted octanol–water partition coefficient (Wildman–Crippen LogP) is 3.54. The molecular formula is C17H33NO2S. The van der Waals surface area contributed by atoms with Crippen molar-refractivity contribution in [1.82, 2.24) is 5.32 Å². The minimum atomic E-state index is -2.99. The van der Waals surface area contributed by atoms with Crippen LogP contribution in [0.2, 0.25) is 0 Å². The van der Waals surface area contributed by atoms with Gasteiger partial charge in [0.05, 0.1) is 10.5 Å². The van der Waals surface area contributed by atoms with Gasteiger partial charge in [0.15, 0.2) is 9.84 Å². The topological polar surface area (TPSA) is 46.2 Å². The van der Waals surface area contributed by atoms with Crippen LogP contribution in [0.3, 0.4) is 0 Å². The molecule has 0 aromatic rings. The van der Waals surface area contributed by atoms with Crippen molar-refractivity contribution in [1.29, 1.82) is 0 Å². The SMILES string of the molecule is CCCNC1CCC(C)CC1S(=O)(=O)C1CCCC(C)C1. The maximum atomic E-state index is 13.2. The fraction of sp³-hybridized carbons (Fsp3) is 1.00. The summed E-state index contributed by atoms with van der Waals surface area (Å²) >= 11 is 0. The van der Waals surface area contributed by atoms with Crippen LogP contribution in [0.4, 0.5) is 0 Å². The second-order valence-electron chi connectivity index (χ2n) is 7.50. The summed E-state index contributed by atoms with van der Waals surface area (Å²) in [5, 5.41) is 3.29. The van der Waals surface area contributed by atoms with E-state index >= 15 is 0 Å². The van der Waals surface area contributed by atoms with Crippen LogP contribution < -0.4 is 5.32 Å². The molecule has 0 amide bonds. The van der Waals surface area contributed by atoms with E-state index in [-0.39, 0.29) is 16.5 Å². The third-order valence-corrected chi connectivity index (χ3v) is 8.21. The molecule has 0 aliphatic heterocycles. The first kappa shape index (κ1) is 17.3. The number of hydrogen-bond acceptors (Lipinski definition) is 3. The maximum Gasteiger partial charge on any atom is 0.157 e. The predicted molar refractivity (Wildman–Crippen MR) is 89.2 cm³/mol. The first-order valence-electron chi connectivity index (χ1n) is 8.91. The molecule has 2 aliphatic carbocycles. The van der Waals surface area contributed by atoms with E-state index in [9.17, 15) is 8.42 Å². The quantitative estimate of drug-likeness (QED) is 0.844. The Bertz CT molecular complexity index is 419. The lowest BCUT2D eigenvalue weighted by Crippen LogP contribution is -2.51. The smallest absolute Gasteiger partial charge is 0.157 e. The van der Waals surface area contributed by atoms with Crippen molar-refractivity contribution in [2.75, 3.05) is 6.54 Å². The molecule has 21 heavy (non-hydrogen) atoms. The fourth-order valence-corrected chi connectivity index (χ4v) is 7.05. The molecule has 2 fully saturated rings. The molecule has 4 heteroatoms. The average molecular weight is 316 g/mol. The van der Waals surface area contributed by atoms with Crippen LogP contribution in [-0.4, -0.2) is 31.5 Å². The van der Waals surface area contributed by atoms with Gasteiger partial charge in [-0.2, -0.15) is 0 Å². The Hall–Kier alpha value is -0.0900. The zero-order valence-electron chi connectivity index (χ0n) is 14.0. The molecule has 0 radical (unpaired) electrons. The van der Waals surface area contributed by atoms with E-state index in [2.05, 4.69) is 26.1 Å². The van der Waals surface area contributed by atoms with Gasteiger partial charge in [-0.05, 0) is 56.9 Å². The Balaban J connectivity index is 2.13. The van der Waals surface area contributed by atoms with Crippen molar-refractivity contribution in [3.8, 4) is 0 Å². The highest BCUT2D eigenvalue weighted by molar-refractivity contribution is 7.92. The molecule has 3 nitrogen and oxygen atoms in total. The summed E-state index contributed by atoms with van der Waals surface area (Å²) in [5.41, 5.74) is 0. The Kier molecular flexibility index (Phi) is 6.13. The number of rotatable bonds is 5. The molecule has 0 heterocycles. The second-order valence-corrected chi connectivity index (χ2v) is 9.95. The van der Waals surface area contributed by atoms with Gasteiger partial charge in [-0.15, -0.1) is 0 Å². The molecule has 0 aromatic heterocycles. The van der Waals surface area contributed by atoms with Crippen LogP contribution in [0.1, 0.15) is 72.1 Å². The van der Waals surface area contributed by atoms with Crippen LogP contribution in [0.25, 0.3) is 0 Å². The Labute approximate surface area is 131 Å². The molecule has 5 unspecified atom stereocenters. The number of nitrogens with one attached hydrogen (secondary N) is 1. The minimum absolute atomic E-state index is 0.0810. The van der Waals surface area contributed by atoms with Gasteiger partial charge in [0.2, 0.25) is 0 Å². The first-order chi connectivity index (χ1) is 9.95. The lowest BCUT2D eigenvalue weighted by atomic mass is 9.87. The number of sulfone groups is 1.